The predicted molar refractivity (Wildman–Crippen MR) is 109 cm³/mol. The fourth-order valence-corrected chi connectivity index (χ4v) is 4.27. The lowest BCUT2D eigenvalue weighted by Gasteiger charge is -2.46. The predicted octanol–water partition coefficient (Wildman–Crippen LogP) is 3.11. The van der Waals surface area contributed by atoms with Gasteiger partial charge in [0, 0.05) is 45.8 Å². The van der Waals surface area contributed by atoms with E-state index >= 15 is 0 Å². The van der Waals surface area contributed by atoms with E-state index in [-0.39, 0.29) is 11.9 Å². The summed E-state index contributed by atoms with van der Waals surface area (Å²) in [7, 11) is 0. The fourth-order valence-electron chi connectivity index (χ4n) is 4.27. The maximum atomic E-state index is 13.1. The second kappa shape index (κ2) is 8.69. The van der Waals surface area contributed by atoms with Crippen molar-refractivity contribution in [1.82, 2.24) is 14.7 Å². The minimum absolute atomic E-state index is 0.0154. The van der Waals surface area contributed by atoms with E-state index in [2.05, 4.69) is 15.9 Å². The zero-order valence-electron chi connectivity index (χ0n) is 17.0. The Labute approximate surface area is 179 Å². The molecule has 2 saturated heterocycles. The Bertz CT molecular complexity index is 984. The normalized spacial score (nSPS) is 20.4. The zero-order valence-corrected chi connectivity index (χ0v) is 17.0. The van der Waals surface area contributed by atoms with E-state index in [0.29, 0.717) is 37.3 Å². The summed E-state index contributed by atoms with van der Waals surface area (Å²) in [6.45, 7) is 4.55. The number of rotatable bonds is 4. The van der Waals surface area contributed by atoms with E-state index in [4.69, 9.17) is 5.26 Å². The molecule has 0 radical (unpaired) electrons. The van der Waals surface area contributed by atoms with Crippen LogP contribution >= 0.6 is 0 Å². The Morgan fingerprint density at radius 1 is 0.968 bits per heavy atom. The Hall–Kier alpha value is -2.89. The van der Waals surface area contributed by atoms with Gasteiger partial charge in [0.2, 0.25) is 5.91 Å². The molecule has 0 aromatic heterocycles. The summed E-state index contributed by atoms with van der Waals surface area (Å²) in [5, 5.41) is 9.09. The number of hydrogen-bond acceptors (Lipinski definition) is 4. The van der Waals surface area contributed by atoms with Crippen LogP contribution in [0.25, 0.3) is 0 Å². The Morgan fingerprint density at radius 3 is 2.42 bits per heavy atom. The van der Waals surface area contributed by atoms with Crippen molar-refractivity contribution < 1.29 is 18.0 Å². The van der Waals surface area contributed by atoms with Crippen molar-refractivity contribution in [3.05, 3.63) is 70.8 Å². The standard InChI is InChI=1S/C23H23F3N4O/c24-23(25,26)20-6-4-17(5-7-20)15-30-11-10-29-9-8-28(16-21(29)22(30)31)14-19-3-1-2-18(12-19)13-27/h1-7,12,21H,8-11,14-16H2. The smallest absolute Gasteiger partial charge is 0.336 e. The van der Waals surface area contributed by atoms with Crippen LogP contribution in [0.3, 0.4) is 0 Å². The third-order valence-corrected chi connectivity index (χ3v) is 5.95. The number of piperazine rings is 2. The number of carbonyl (C=O) groups excluding carboxylic acids is 1. The molecule has 8 heteroatoms. The molecule has 2 heterocycles. The van der Waals surface area contributed by atoms with Gasteiger partial charge in [-0.3, -0.25) is 14.6 Å². The van der Waals surface area contributed by atoms with Gasteiger partial charge in [0.1, 0.15) is 6.04 Å². The molecular formula is C23H23F3N4O. The van der Waals surface area contributed by atoms with E-state index in [1.54, 1.807) is 11.0 Å². The van der Waals surface area contributed by atoms with Crippen LogP contribution in [0, 0.1) is 11.3 Å². The molecule has 2 fully saturated rings. The van der Waals surface area contributed by atoms with Crippen molar-refractivity contribution in [3.63, 3.8) is 0 Å². The first-order valence-electron chi connectivity index (χ1n) is 10.2. The third-order valence-electron chi connectivity index (χ3n) is 5.95. The second-order valence-electron chi connectivity index (χ2n) is 8.05. The highest BCUT2D eigenvalue weighted by atomic mass is 19.4. The van der Waals surface area contributed by atoms with Gasteiger partial charge in [0.25, 0.3) is 0 Å². The molecular weight excluding hydrogens is 405 g/mol. The molecule has 0 aliphatic carbocycles. The molecule has 1 unspecified atom stereocenters. The minimum atomic E-state index is -4.36. The summed E-state index contributed by atoms with van der Waals surface area (Å²) >= 11 is 0. The summed E-state index contributed by atoms with van der Waals surface area (Å²) in [6.07, 6.45) is -4.36. The van der Waals surface area contributed by atoms with Crippen molar-refractivity contribution in [2.24, 2.45) is 0 Å². The number of amides is 1. The number of hydrogen-bond donors (Lipinski definition) is 0. The first-order chi connectivity index (χ1) is 14.8. The van der Waals surface area contributed by atoms with E-state index in [9.17, 15) is 18.0 Å². The quantitative estimate of drug-likeness (QED) is 0.751. The first kappa shape index (κ1) is 21.3. The summed E-state index contributed by atoms with van der Waals surface area (Å²) in [6, 6.07) is 14.4. The van der Waals surface area contributed by atoms with Crippen LogP contribution in [-0.2, 0) is 24.1 Å². The van der Waals surface area contributed by atoms with Crippen molar-refractivity contribution in [2.45, 2.75) is 25.3 Å². The summed E-state index contributed by atoms with van der Waals surface area (Å²) in [5.41, 5.74) is 1.66. The third kappa shape index (κ3) is 4.89. The lowest BCUT2D eigenvalue weighted by molar-refractivity contribution is -0.146. The lowest BCUT2D eigenvalue weighted by Crippen LogP contribution is -2.64. The summed E-state index contributed by atoms with van der Waals surface area (Å²) < 4.78 is 38.3. The molecule has 2 aliphatic heterocycles. The van der Waals surface area contributed by atoms with E-state index in [0.717, 1.165) is 37.3 Å². The number of nitrogens with zero attached hydrogens (tertiary/aromatic N) is 4. The van der Waals surface area contributed by atoms with Crippen LogP contribution in [-0.4, -0.2) is 59.4 Å². The topological polar surface area (TPSA) is 50.6 Å². The molecule has 2 aliphatic rings. The molecule has 0 N–H and O–H groups in total. The van der Waals surface area contributed by atoms with Gasteiger partial charge in [-0.05, 0) is 35.4 Å². The minimum Gasteiger partial charge on any atom is -0.336 e. The first-order valence-corrected chi connectivity index (χ1v) is 10.2. The van der Waals surface area contributed by atoms with Gasteiger partial charge in [-0.15, -0.1) is 0 Å². The second-order valence-corrected chi connectivity index (χ2v) is 8.05. The average molecular weight is 428 g/mol. The van der Waals surface area contributed by atoms with Crippen LogP contribution < -0.4 is 0 Å². The molecule has 5 nitrogen and oxygen atoms in total. The maximum Gasteiger partial charge on any atom is 0.416 e. The Morgan fingerprint density at radius 2 is 1.71 bits per heavy atom. The molecule has 1 amide bonds. The molecule has 4 rings (SSSR count). The number of benzene rings is 2. The van der Waals surface area contributed by atoms with Crippen LogP contribution in [0.1, 0.15) is 22.3 Å². The van der Waals surface area contributed by atoms with Gasteiger partial charge in [-0.2, -0.15) is 18.4 Å². The van der Waals surface area contributed by atoms with Crippen LogP contribution in [0.2, 0.25) is 0 Å². The van der Waals surface area contributed by atoms with E-state index in [1.165, 1.54) is 12.1 Å². The number of carbonyl (C=O) groups is 1. The molecule has 2 aromatic rings. The van der Waals surface area contributed by atoms with Crippen LogP contribution in [0.4, 0.5) is 13.2 Å². The number of halogens is 3. The maximum absolute atomic E-state index is 13.1. The molecule has 1 atom stereocenters. The highest BCUT2D eigenvalue weighted by Crippen LogP contribution is 2.29. The van der Waals surface area contributed by atoms with Crippen LogP contribution in [0.5, 0.6) is 0 Å². The highest BCUT2D eigenvalue weighted by Gasteiger charge is 2.38. The summed E-state index contributed by atoms with van der Waals surface area (Å²) in [4.78, 5) is 19.3. The van der Waals surface area contributed by atoms with Crippen molar-refractivity contribution >= 4 is 5.91 Å². The Kier molecular flexibility index (Phi) is 5.99. The van der Waals surface area contributed by atoms with Gasteiger partial charge < -0.3 is 4.90 Å². The number of fused-ring (bicyclic) bond motifs is 1. The molecule has 0 bridgehead atoms. The molecule has 0 saturated carbocycles. The van der Waals surface area contributed by atoms with Gasteiger partial charge in [-0.1, -0.05) is 24.3 Å². The van der Waals surface area contributed by atoms with Gasteiger partial charge in [0.15, 0.2) is 0 Å². The molecule has 162 valence electrons. The largest absolute Gasteiger partial charge is 0.416 e. The van der Waals surface area contributed by atoms with Crippen LogP contribution in [0.15, 0.2) is 48.5 Å². The average Bonchev–Trinajstić information content (AvgIpc) is 2.76. The molecule has 2 aromatic carbocycles. The van der Waals surface area contributed by atoms with Crippen molar-refractivity contribution in [3.8, 4) is 6.07 Å². The SMILES string of the molecule is N#Cc1cccc(CN2CCN3CCN(Cc4ccc(C(F)(F)F)cc4)C(=O)C3C2)c1. The van der Waals surface area contributed by atoms with E-state index in [1.807, 2.05) is 18.2 Å². The zero-order chi connectivity index (χ0) is 22.0. The molecule has 31 heavy (non-hydrogen) atoms. The highest BCUT2D eigenvalue weighted by molar-refractivity contribution is 5.83. The van der Waals surface area contributed by atoms with E-state index < -0.39 is 11.7 Å². The fraction of sp³-hybridized carbons (Fsp3) is 0.391. The Balaban J connectivity index is 1.40. The van der Waals surface area contributed by atoms with Gasteiger partial charge in [-0.25, -0.2) is 0 Å². The van der Waals surface area contributed by atoms with Crippen molar-refractivity contribution in [2.75, 3.05) is 32.7 Å². The number of nitriles is 1. The summed E-state index contributed by atoms with van der Waals surface area (Å²) in [5.74, 6) is 0.0154. The monoisotopic (exact) mass is 428 g/mol. The number of alkyl halides is 3. The lowest BCUT2D eigenvalue weighted by atomic mass is 10.0. The van der Waals surface area contributed by atoms with Crippen molar-refractivity contribution in [1.29, 1.82) is 5.26 Å². The van der Waals surface area contributed by atoms with Gasteiger partial charge >= 0.3 is 6.18 Å². The van der Waals surface area contributed by atoms with Gasteiger partial charge in [0.05, 0.1) is 17.2 Å². The molecule has 0 spiro atoms.